The summed E-state index contributed by atoms with van der Waals surface area (Å²) in [6.07, 6.45) is 0.889. The molecule has 2 aromatic rings. The quantitative estimate of drug-likeness (QED) is 0.537. The van der Waals surface area contributed by atoms with Crippen LogP contribution in [0.5, 0.6) is 0 Å². The number of hydrogen-bond donors (Lipinski definition) is 2. The molecular weight excluding hydrogens is 415 g/mol. The number of alkyl halides is 3. The Balaban J connectivity index is 1.60. The highest BCUT2D eigenvalue weighted by atomic mass is 35.5. The van der Waals surface area contributed by atoms with Crippen molar-refractivity contribution in [3.05, 3.63) is 34.6 Å². The van der Waals surface area contributed by atoms with Crippen LogP contribution in [0.15, 0.2) is 23.4 Å². The normalized spacial score (nSPS) is 15.6. The second-order valence-electron chi connectivity index (χ2n) is 6.57. The van der Waals surface area contributed by atoms with Crippen molar-refractivity contribution in [1.82, 2.24) is 14.9 Å². The van der Waals surface area contributed by atoms with Crippen molar-refractivity contribution in [2.24, 2.45) is 0 Å². The minimum atomic E-state index is -4.60. The Hall–Kier alpha value is -1.94. The first-order valence-electron chi connectivity index (χ1n) is 8.75. The number of hydrogen-bond acceptors (Lipinski definition) is 5. The summed E-state index contributed by atoms with van der Waals surface area (Å²) >= 11 is 6.65. The zero-order valence-electron chi connectivity index (χ0n) is 14.8. The molecule has 3 rings (SSSR count). The zero-order chi connectivity index (χ0) is 20.3. The lowest BCUT2D eigenvalue weighted by Crippen LogP contribution is -2.20. The van der Waals surface area contributed by atoms with E-state index >= 15 is 0 Å². The molecule has 1 aromatic carbocycles. The maximum atomic E-state index is 12.9. The molecule has 11 heteroatoms. The number of nitrogens with two attached hydrogens (primary N) is 1. The second kappa shape index (κ2) is 8.60. The summed E-state index contributed by atoms with van der Waals surface area (Å²) in [7, 11) is 0. The Kier molecular flexibility index (Phi) is 6.39. The predicted octanol–water partition coefficient (Wildman–Crippen LogP) is 4.44. The van der Waals surface area contributed by atoms with Crippen molar-refractivity contribution >= 4 is 35.0 Å². The number of nitrogen functional groups attached to an aromatic ring is 1. The summed E-state index contributed by atoms with van der Waals surface area (Å²) in [6.45, 7) is 0. The lowest BCUT2D eigenvalue weighted by atomic mass is 9.89. The van der Waals surface area contributed by atoms with E-state index in [0.29, 0.717) is 11.0 Å². The van der Waals surface area contributed by atoms with Gasteiger partial charge in [0, 0.05) is 11.6 Å². The lowest BCUT2D eigenvalue weighted by Gasteiger charge is -2.20. The molecule has 0 aliphatic heterocycles. The van der Waals surface area contributed by atoms with E-state index < -0.39 is 22.7 Å². The second-order valence-corrected chi connectivity index (χ2v) is 7.92. The fraction of sp³-hybridized carbons (Fsp3) is 0.471. The van der Waals surface area contributed by atoms with Crippen molar-refractivity contribution in [3.63, 3.8) is 0 Å². The van der Waals surface area contributed by atoms with Gasteiger partial charge in [0.1, 0.15) is 0 Å². The van der Waals surface area contributed by atoms with Crippen LogP contribution >= 0.6 is 23.4 Å². The zero-order valence-corrected chi connectivity index (χ0v) is 16.4. The van der Waals surface area contributed by atoms with E-state index in [0.717, 1.165) is 49.6 Å². The average Bonchev–Trinajstić information content (AvgIpc) is 3.02. The first-order chi connectivity index (χ1) is 13.3. The fourth-order valence-corrected chi connectivity index (χ4v) is 4.06. The lowest BCUT2D eigenvalue weighted by molar-refractivity contribution is -0.137. The number of amides is 1. The van der Waals surface area contributed by atoms with Crippen LogP contribution in [-0.4, -0.2) is 26.5 Å². The van der Waals surface area contributed by atoms with Crippen LogP contribution < -0.4 is 11.2 Å². The highest BCUT2D eigenvalue weighted by Crippen LogP contribution is 2.36. The van der Waals surface area contributed by atoms with Gasteiger partial charge in [-0.2, -0.15) is 13.2 Å². The summed E-state index contributed by atoms with van der Waals surface area (Å²) in [6, 6.07) is 3.21. The first-order valence-corrected chi connectivity index (χ1v) is 10.1. The SMILES string of the molecule is Nn1c(SCC(=O)Nc2ccc(Cl)c(C(F)(F)F)c2)nnc1C1CCCCC1. The van der Waals surface area contributed by atoms with E-state index in [1.165, 1.54) is 17.2 Å². The van der Waals surface area contributed by atoms with Crippen LogP contribution in [0.1, 0.15) is 49.4 Å². The number of nitrogens with one attached hydrogen (secondary N) is 1. The molecule has 152 valence electrons. The summed E-state index contributed by atoms with van der Waals surface area (Å²) in [5.41, 5.74) is -0.988. The first kappa shape index (κ1) is 20.8. The third-order valence-electron chi connectivity index (χ3n) is 4.55. The van der Waals surface area contributed by atoms with E-state index in [-0.39, 0.29) is 17.4 Å². The number of carbonyl (C=O) groups excluding carboxylic acids is 1. The molecule has 1 amide bonds. The molecule has 1 heterocycles. The van der Waals surface area contributed by atoms with Crippen LogP contribution in [0, 0.1) is 0 Å². The summed E-state index contributed by atoms with van der Waals surface area (Å²) in [5, 5.41) is 10.6. The number of nitrogens with zero attached hydrogens (tertiary/aromatic N) is 3. The summed E-state index contributed by atoms with van der Waals surface area (Å²) in [4.78, 5) is 12.1. The van der Waals surface area contributed by atoms with Crippen LogP contribution in [0.25, 0.3) is 0 Å². The van der Waals surface area contributed by atoms with Crippen LogP contribution in [0.3, 0.4) is 0 Å². The van der Waals surface area contributed by atoms with Gasteiger partial charge in [-0.15, -0.1) is 10.2 Å². The Labute approximate surface area is 169 Å². The van der Waals surface area contributed by atoms with Gasteiger partial charge in [-0.1, -0.05) is 42.6 Å². The van der Waals surface area contributed by atoms with Gasteiger partial charge in [-0.05, 0) is 31.0 Å². The number of carbonyl (C=O) groups is 1. The van der Waals surface area contributed by atoms with Crippen molar-refractivity contribution in [2.75, 3.05) is 16.9 Å². The molecule has 1 aromatic heterocycles. The molecule has 1 fully saturated rings. The van der Waals surface area contributed by atoms with E-state index in [1.54, 1.807) is 0 Å². The minimum absolute atomic E-state index is 0.0134. The Bertz CT molecular complexity index is 852. The Morgan fingerprint density at radius 2 is 2.00 bits per heavy atom. The largest absolute Gasteiger partial charge is 0.417 e. The molecule has 0 atom stereocenters. The number of halogens is 4. The summed E-state index contributed by atoms with van der Waals surface area (Å²) < 4.78 is 40.1. The molecule has 0 bridgehead atoms. The molecule has 0 radical (unpaired) electrons. The molecule has 1 saturated carbocycles. The van der Waals surface area contributed by atoms with Crippen LogP contribution in [0.2, 0.25) is 5.02 Å². The number of benzene rings is 1. The average molecular weight is 434 g/mol. The molecule has 6 nitrogen and oxygen atoms in total. The van der Waals surface area contributed by atoms with Crippen molar-refractivity contribution in [1.29, 1.82) is 0 Å². The monoisotopic (exact) mass is 433 g/mol. The fourth-order valence-electron chi connectivity index (χ4n) is 3.17. The van der Waals surface area contributed by atoms with Crippen LogP contribution in [-0.2, 0) is 11.0 Å². The molecular formula is C17H19ClF3N5OS. The van der Waals surface area contributed by atoms with Gasteiger partial charge in [0.15, 0.2) is 5.82 Å². The molecule has 0 unspecified atom stereocenters. The summed E-state index contributed by atoms with van der Waals surface area (Å²) in [5.74, 6) is 6.48. The molecule has 28 heavy (non-hydrogen) atoms. The van der Waals surface area contributed by atoms with E-state index in [9.17, 15) is 18.0 Å². The van der Waals surface area contributed by atoms with Crippen molar-refractivity contribution in [3.8, 4) is 0 Å². The maximum Gasteiger partial charge on any atom is 0.417 e. The van der Waals surface area contributed by atoms with Gasteiger partial charge < -0.3 is 11.2 Å². The van der Waals surface area contributed by atoms with Gasteiger partial charge >= 0.3 is 6.18 Å². The van der Waals surface area contributed by atoms with E-state index in [1.807, 2.05) is 0 Å². The van der Waals surface area contributed by atoms with Gasteiger partial charge in [0.25, 0.3) is 0 Å². The third kappa shape index (κ3) is 4.91. The number of anilines is 1. The van der Waals surface area contributed by atoms with Gasteiger partial charge in [0.2, 0.25) is 11.1 Å². The molecule has 0 spiro atoms. The van der Waals surface area contributed by atoms with Crippen molar-refractivity contribution < 1.29 is 18.0 Å². The smallest absolute Gasteiger partial charge is 0.336 e. The molecule has 1 aliphatic carbocycles. The van der Waals surface area contributed by atoms with Gasteiger partial charge in [-0.25, -0.2) is 4.68 Å². The number of thioether (sulfide) groups is 1. The number of aromatic nitrogens is 3. The van der Waals surface area contributed by atoms with Crippen molar-refractivity contribution in [2.45, 2.75) is 49.4 Å². The topological polar surface area (TPSA) is 85.8 Å². The molecule has 1 aliphatic rings. The van der Waals surface area contributed by atoms with Crippen LogP contribution in [0.4, 0.5) is 18.9 Å². The van der Waals surface area contributed by atoms with Gasteiger partial charge in [0.05, 0.1) is 16.3 Å². The molecule has 3 N–H and O–H groups in total. The van der Waals surface area contributed by atoms with E-state index in [4.69, 9.17) is 17.4 Å². The highest BCUT2D eigenvalue weighted by Gasteiger charge is 2.33. The Morgan fingerprint density at radius 3 is 2.68 bits per heavy atom. The third-order valence-corrected chi connectivity index (χ3v) is 5.82. The highest BCUT2D eigenvalue weighted by molar-refractivity contribution is 7.99. The molecule has 0 saturated heterocycles. The minimum Gasteiger partial charge on any atom is -0.336 e. The number of rotatable bonds is 5. The maximum absolute atomic E-state index is 12.9. The predicted molar refractivity (Wildman–Crippen MR) is 102 cm³/mol. The standard InChI is InChI=1S/C17H19ClF3N5OS/c18-13-7-6-11(8-12(13)17(19,20)21)23-14(27)9-28-16-25-24-15(26(16)22)10-4-2-1-3-5-10/h6-8,10H,1-5,9,22H2,(H,23,27). The van der Waals surface area contributed by atoms with Gasteiger partial charge in [-0.3, -0.25) is 4.79 Å². The van der Waals surface area contributed by atoms with E-state index in [2.05, 4.69) is 15.5 Å². The Morgan fingerprint density at radius 1 is 1.29 bits per heavy atom.